The minimum Gasteiger partial charge on any atom is -0.508 e. The second-order valence-corrected chi connectivity index (χ2v) is 6.53. The summed E-state index contributed by atoms with van der Waals surface area (Å²) >= 11 is 0. The van der Waals surface area contributed by atoms with E-state index in [9.17, 15) is 9.90 Å². The first-order valence-electron chi connectivity index (χ1n) is 9.10. The van der Waals surface area contributed by atoms with Crippen molar-refractivity contribution in [2.75, 3.05) is 5.32 Å². The highest BCUT2D eigenvalue weighted by molar-refractivity contribution is 5.92. The summed E-state index contributed by atoms with van der Waals surface area (Å²) in [5.41, 5.74) is 2.26. The fourth-order valence-corrected chi connectivity index (χ4v) is 3.37. The Labute approximate surface area is 163 Å². The van der Waals surface area contributed by atoms with Crippen LogP contribution in [-0.4, -0.2) is 11.1 Å². The fourth-order valence-electron chi connectivity index (χ4n) is 3.37. The van der Waals surface area contributed by atoms with E-state index in [2.05, 4.69) is 10.6 Å². The van der Waals surface area contributed by atoms with Crippen molar-refractivity contribution in [2.45, 2.75) is 6.04 Å². The average molecular weight is 368 g/mol. The number of carbonyl (C=O) groups excluding carboxylic acids is 1. The van der Waals surface area contributed by atoms with E-state index in [1.54, 1.807) is 6.07 Å². The SMILES string of the molecule is O=C(Nc1ccccc1)N[C@@H](c1ccccc1)c1c(O)ccc2ccccc12. The Hall–Kier alpha value is -3.79. The number of para-hydroxylation sites is 1. The first-order chi connectivity index (χ1) is 13.7. The van der Waals surface area contributed by atoms with E-state index < -0.39 is 6.04 Å². The Morgan fingerprint density at radius 1 is 0.750 bits per heavy atom. The predicted molar refractivity (Wildman–Crippen MR) is 112 cm³/mol. The number of hydrogen-bond acceptors (Lipinski definition) is 2. The molecular formula is C24H20N2O2. The van der Waals surface area contributed by atoms with Crippen molar-refractivity contribution in [1.82, 2.24) is 5.32 Å². The van der Waals surface area contributed by atoms with Crippen molar-refractivity contribution in [1.29, 1.82) is 0 Å². The lowest BCUT2D eigenvalue weighted by Gasteiger charge is -2.23. The molecule has 0 heterocycles. The van der Waals surface area contributed by atoms with E-state index in [1.807, 2.05) is 91.0 Å². The normalized spacial score (nSPS) is 11.7. The summed E-state index contributed by atoms with van der Waals surface area (Å²) in [6.07, 6.45) is 0. The number of phenolic OH excluding ortho intramolecular Hbond substituents is 1. The lowest BCUT2D eigenvalue weighted by molar-refractivity contribution is 0.250. The predicted octanol–water partition coefficient (Wildman–Crippen LogP) is 5.46. The molecule has 0 saturated heterocycles. The van der Waals surface area contributed by atoms with Crippen molar-refractivity contribution in [2.24, 2.45) is 0 Å². The third-order valence-corrected chi connectivity index (χ3v) is 4.68. The number of fused-ring (bicyclic) bond motifs is 1. The number of benzene rings is 4. The van der Waals surface area contributed by atoms with Gasteiger partial charge in [-0.1, -0.05) is 78.9 Å². The molecule has 138 valence electrons. The zero-order valence-corrected chi connectivity index (χ0v) is 15.2. The summed E-state index contributed by atoms with van der Waals surface area (Å²) in [6, 6.07) is 29.4. The van der Waals surface area contributed by atoms with Gasteiger partial charge in [-0.2, -0.15) is 0 Å². The fraction of sp³-hybridized carbons (Fsp3) is 0.0417. The molecule has 4 aromatic rings. The third-order valence-electron chi connectivity index (χ3n) is 4.68. The highest BCUT2D eigenvalue weighted by Gasteiger charge is 2.22. The number of anilines is 1. The summed E-state index contributed by atoms with van der Waals surface area (Å²) in [5, 5.41) is 18.4. The molecule has 0 fully saturated rings. The van der Waals surface area contributed by atoms with Gasteiger partial charge in [-0.3, -0.25) is 0 Å². The largest absolute Gasteiger partial charge is 0.508 e. The lowest BCUT2D eigenvalue weighted by Crippen LogP contribution is -2.33. The van der Waals surface area contributed by atoms with E-state index in [-0.39, 0.29) is 11.8 Å². The topological polar surface area (TPSA) is 61.4 Å². The molecule has 4 aromatic carbocycles. The van der Waals surface area contributed by atoms with Crippen LogP contribution in [0.5, 0.6) is 5.75 Å². The van der Waals surface area contributed by atoms with Crippen LogP contribution in [0.15, 0.2) is 97.1 Å². The number of carbonyl (C=O) groups is 1. The maximum absolute atomic E-state index is 12.7. The van der Waals surface area contributed by atoms with Crippen LogP contribution >= 0.6 is 0 Å². The summed E-state index contributed by atoms with van der Waals surface area (Å²) in [5.74, 6) is 0.146. The minimum atomic E-state index is -0.504. The molecule has 0 aliphatic carbocycles. The number of amides is 2. The number of aromatic hydroxyl groups is 1. The monoisotopic (exact) mass is 368 g/mol. The lowest BCUT2D eigenvalue weighted by atomic mass is 9.93. The number of rotatable bonds is 4. The van der Waals surface area contributed by atoms with Crippen LogP contribution in [0, 0.1) is 0 Å². The van der Waals surface area contributed by atoms with Gasteiger partial charge in [0.15, 0.2) is 0 Å². The molecule has 0 radical (unpaired) electrons. The quantitative estimate of drug-likeness (QED) is 0.448. The van der Waals surface area contributed by atoms with Gasteiger partial charge in [0.2, 0.25) is 0 Å². The Balaban J connectivity index is 1.75. The molecule has 2 amide bonds. The van der Waals surface area contributed by atoms with Crippen LogP contribution in [0.25, 0.3) is 10.8 Å². The van der Waals surface area contributed by atoms with E-state index in [0.717, 1.165) is 16.3 Å². The minimum absolute atomic E-state index is 0.146. The van der Waals surface area contributed by atoms with Crippen molar-refractivity contribution in [3.05, 3.63) is 108 Å². The van der Waals surface area contributed by atoms with Crippen molar-refractivity contribution in [3.8, 4) is 5.75 Å². The van der Waals surface area contributed by atoms with Gasteiger partial charge in [-0.25, -0.2) is 4.79 Å². The summed E-state index contributed by atoms with van der Waals surface area (Å²) in [6.45, 7) is 0. The zero-order chi connectivity index (χ0) is 19.3. The molecule has 3 N–H and O–H groups in total. The maximum Gasteiger partial charge on any atom is 0.319 e. The number of urea groups is 1. The van der Waals surface area contributed by atoms with Crippen molar-refractivity contribution in [3.63, 3.8) is 0 Å². The second-order valence-electron chi connectivity index (χ2n) is 6.53. The first-order valence-corrected chi connectivity index (χ1v) is 9.10. The molecule has 0 aliphatic rings. The molecule has 4 nitrogen and oxygen atoms in total. The van der Waals surface area contributed by atoms with Gasteiger partial charge in [-0.15, -0.1) is 0 Å². The summed E-state index contributed by atoms with van der Waals surface area (Å²) in [7, 11) is 0. The Bertz CT molecular complexity index is 1100. The molecule has 0 aliphatic heterocycles. The molecule has 4 heteroatoms. The van der Waals surface area contributed by atoms with Crippen LogP contribution < -0.4 is 10.6 Å². The molecule has 4 rings (SSSR count). The van der Waals surface area contributed by atoms with Gasteiger partial charge >= 0.3 is 6.03 Å². The van der Waals surface area contributed by atoms with E-state index in [4.69, 9.17) is 0 Å². The Kier molecular flexibility index (Phi) is 4.93. The van der Waals surface area contributed by atoms with E-state index in [1.165, 1.54) is 0 Å². The number of hydrogen-bond donors (Lipinski definition) is 3. The standard InChI is InChI=1S/C24H20N2O2/c27-21-16-15-17-9-7-8-14-20(17)22(21)23(18-10-3-1-4-11-18)26-24(28)25-19-12-5-2-6-13-19/h1-16,23,27H,(H2,25,26,28)/t23-/m0/s1. The Morgan fingerprint density at radius 3 is 2.14 bits per heavy atom. The van der Waals surface area contributed by atoms with Crippen molar-refractivity contribution < 1.29 is 9.90 Å². The summed E-state index contributed by atoms with van der Waals surface area (Å²) < 4.78 is 0. The zero-order valence-electron chi connectivity index (χ0n) is 15.2. The molecule has 0 saturated carbocycles. The highest BCUT2D eigenvalue weighted by atomic mass is 16.3. The van der Waals surface area contributed by atoms with Gasteiger partial charge in [0, 0.05) is 11.3 Å². The number of nitrogens with one attached hydrogen (secondary N) is 2. The molecule has 0 unspecified atom stereocenters. The first kappa shape index (κ1) is 17.6. The molecule has 0 aromatic heterocycles. The second kappa shape index (κ2) is 7.84. The maximum atomic E-state index is 12.7. The molecule has 28 heavy (non-hydrogen) atoms. The van der Waals surface area contributed by atoms with E-state index >= 15 is 0 Å². The van der Waals surface area contributed by atoms with Crippen LogP contribution in [0.4, 0.5) is 10.5 Å². The van der Waals surface area contributed by atoms with Gasteiger partial charge in [0.05, 0.1) is 6.04 Å². The van der Waals surface area contributed by atoms with Crippen LogP contribution in [-0.2, 0) is 0 Å². The van der Waals surface area contributed by atoms with Gasteiger partial charge in [-0.05, 0) is 34.5 Å². The Morgan fingerprint density at radius 2 is 1.39 bits per heavy atom. The molecular weight excluding hydrogens is 348 g/mol. The van der Waals surface area contributed by atoms with Crippen molar-refractivity contribution >= 4 is 22.5 Å². The summed E-state index contributed by atoms with van der Waals surface area (Å²) in [4.78, 5) is 12.7. The molecule has 0 bridgehead atoms. The van der Waals surface area contributed by atoms with Gasteiger partial charge in [0.1, 0.15) is 5.75 Å². The van der Waals surface area contributed by atoms with Crippen LogP contribution in [0.3, 0.4) is 0 Å². The highest BCUT2D eigenvalue weighted by Crippen LogP contribution is 2.35. The van der Waals surface area contributed by atoms with E-state index in [0.29, 0.717) is 11.3 Å². The smallest absolute Gasteiger partial charge is 0.319 e. The third kappa shape index (κ3) is 3.67. The average Bonchev–Trinajstić information content (AvgIpc) is 2.74. The van der Waals surface area contributed by atoms with Gasteiger partial charge in [0.25, 0.3) is 0 Å². The molecule has 0 spiro atoms. The van der Waals surface area contributed by atoms with Crippen LogP contribution in [0.2, 0.25) is 0 Å². The van der Waals surface area contributed by atoms with Gasteiger partial charge < -0.3 is 15.7 Å². The molecule has 1 atom stereocenters. The van der Waals surface area contributed by atoms with Crippen LogP contribution in [0.1, 0.15) is 17.2 Å². The number of phenols is 1.